The molecule has 0 aliphatic carbocycles. The first-order valence-corrected chi connectivity index (χ1v) is 10.2. The monoisotopic (exact) mass is 491 g/mol. The van der Waals surface area contributed by atoms with Crippen molar-refractivity contribution in [3.8, 4) is 11.5 Å². The number of rotatable bonds is 5. The summed E-state index contributed by atoms with van der Waals surface area (Å²) in [5.74, 6) is 3.81. The van der Waals surface area contributed by atoms with Gasteiger partial charge in [-0.1, -0.05) is 6.07 Å². The van der Waals surface area contributed by atoms with Gasteiger partial charge in [-0.15, -0.1) is 24.0 Å². The van der Waals surface area contributed by atoms with Crippen LogP contribution >= 0.6 is 35.7 Å². The van der Waals surface area contributed by atoms with Crippen molar-refractivity contribution in [2.45, 2.75) is 44.4 Å². The summed E-state index contributed by atoms with van der Waals surface area (Å²) >= 11 is 2.06. The van der Waals surface area contributed by atoms with Crippen LogP contribution in [0.1, 0.15) is 38.7 Å². The zero-order valence-electron chi connectivity index (χ0n) is 15.7. The Morgan fingerprint density at radius 3 is 2.73 bits per heavy atom. The van der Waals surface area contributed by atoms with Crippen LogP contribution < -0.4 is 20.1 Å². The van der Waals surface area contributed by atoms with Gasteiger partial charge in [0, 0.05) is 24.3 Å². The van der Waals surface area contributed by atoms with Crippen LogP contribution in [0.2, 0.25) is 0 Å². The Bertz CT molecular complexity index is 606. The van der Waals surface area contributed by atoms with Crippen molar-refractivity contribution >= 4 is 41.7 Å². The maximum Gasteiger partial charge on any atom is 0.191 e. The number of benzene rings is 1. The van der Waals surface area contributed by atoms with E-state index in [-0.39, 0.29) is 24.0 Å². The maximum absolute atomic E-state index is 5.76. The van der Waals surface area contributed by atoms with Crippen molar-refractivity contribution < 1.29 is 9.47 Å². The molecule has 0 radical (unpaired) electrons. The molecule has 3 rings (SSSR count). The standard InChI is InChI=1S/C19H29N3O2S.HI/c1-3-20-18(22-14-19(2)8-4-11-25-19)21-13-15-6-7-16-17(12-15)24-10-5-9-23-16;/h6-7,12H,3-5,8-11,13-14H2,1-2H3,(H2,20,21,22);1H. The summed E-state index contributed by atoms with van der Waals surface area (Å²) in [7, 11) is 0. The van der Waals surface area contributed by atoms with Gasteiger partial charge < -0.3 is 20.1 Å². The van der Waals surface area contributed by atoms with Gasteiger partial charge in [-0.05, 0) is 50.1 Å². The Labute approximate surface area is 178 Å². The largest absolute Gasteiger partial charge is 0.490 e. The fourth-order valence-corrected chi connectivity index (χ4v) is 4.31. The fraction of sp³-hybridized carbons (Fsp3) is 0.632. The lowest BCUT2D eigenvalue weighted by Crippen LogP contribution is -2.43. The molecule has 1 fully saturated rings. The van der Waals surface area contributed by atoms with Crippen molar-refractivity contribution in [1.29, 1.82) is 0 Å². The molecule has 0 aromatic heterocycles. The molecule has 2 heterocycles. The van der Waals surface area contributed by atoms with Crippen LogP contribution in [0, 0.1) is 0 Å². The highest BCUT2D eigenvalue weighted by Gasteiger charge is 2.29. The summed E-state index contributed by atoms with van der Waals surface area (Å²) in [6, 6.07) is 6.10. The SMILES string of the molecule is CCNC(=NCc1ccc2c(c1)OCCCO2)NCC1(C)CCCS1.I. The molecule has 0 saturated carbocycles. The van der Waals surface area contributed by atoms with Gasteiger partial charge in [0.15, 0.2) is 17.5 Å². The zero-order valence-corrected chi connectivity index (χ0v) is 18.8. The van der Waals surface area contributed by atoms with Crippen LogP contribution in [-0.4, -0.2) is 42.8 Å². The molecule has 1 aromatic carbocycles. The van der Waals surface area contributed by atoms with Gasteiger partial charge in [-0.3, -0.25) is 0 Å². The Balaban J connectivity index is 0.00000243. The van der Waals surface area contributed by atoms with E-state index in [1.807, 2.05) is 12.1 Å². The minimum atomic E-state index is 0. The highest BCUT2D eigenvalue weighted by Crippen LogP contribution is 2.37. The topological polar surface area (TPSA) is 54.9 Å². The minimum absolute atomic E-state index is 0. The van der Waals surface area contributed by atoms with Crippen LogP contribution in [0.4, 0.5) is 0 Å². The highest BCUT2D eigenvalue weighted by molar-refractivity contribution is 14.0. The number of halogens is 1. The van der Waals surface area contributed by atoms with E-state index in [1.165, 1.54) is 18.6 Å². The number of guanidine groups is 1. The second-order valence-corrected chi connectivity index (χ2v) is 8.46. The number of hydrogen-bond donors (Lipinski definition) is 2. The lowest BCUT2D eigenvalue weighted by Gasteiger charge is -2.24. The fourth-order valence-electron chi connectivity index (χ4n) is 3.07. The Hall–Kier alpha value is -0.830. The number of thioether (sulfide) groups is 1. The number of nitrogens with zero attached hydrogens (tertiary/aromatic N) is 1. The summed E-state index contributed by atoms with van der Waals surface area (Å²) < 4.78 is 11.8. The third kappa shape index (κ3) is 6.11. The number of ether oxygens (including phenoxy) is 2. The maximum atomic E-state index is 5.76. The van der Waals surface area contributed by atoms with E-state index in [1.54, 1.807) is 0 Å². The molecule has 1 saturated heterocycles. The van der Waals surface area contributed by atoms with Gasteiger partial charge in [0.1, 0.15) is 0 Å². The molecular formula is C19H30IN3O2S. The highest BCUT2D eigenvalue weighted by atomic mass is 127. The Morgan fingerprint density at radius 2 is 2.00 bits per heavy atom. The summed E-state index contributed by atoms with van der Waals surface area (Å²) in [4.78, 5) is 4.74. The molecule has 0 amide bonds. The molecule has 2 aliphatic rings. The van der Waals surface area contributed by atoms with E-state index in [2.05, 4.69) is 42.3 Å². The first-order chi connectivity index (χ1) is 12.2. The van der Waals surface area contributed by atoms with Gasteiger partial charge in [0.2, 0.25) is 0 Å². The van der Waals surface area contributed by atoms with Crippen molar-refractivity contribution in [3.05, 3.63) is 23.8 Å². The molecule has 5 nitrogen and oxygen atoms in total. The second-order valence-electron chi connectivity index (χ2n) is 6.78. The zero-order chi connectivity index (χ0) is 17.5. The average molecular weight is 491 g/mol. The number of fused-ring (bicyclic) bond motifs is 1. The average Bonchev–Trinajstić information content (AvgIpc) is 2.91. The van der Waals surface area contributed by atoms with Crippen LogP contribution in [0.15, 0.2) is 23.2 Å². The normalized spacial score (nSPS) is 22.3. The number of hydrogen-bond acceptors (Lipinski definition) is 4. The van der Waals surface area contributed by atoms with E-state index >= 15 is 0 Å². The molecule has 26 heavy (non-hydrogen) atoms. The first-order valence-electron chi connectivity index (χ1n) is 9.23. The summed E-state index contributed by atoms with van der Waals surface area (Å²) in [6.07, 6.45) is 3.51. The molecule has 1 aromatic rings. The van der Waals surface area contributed by atoms with Crippen LogP contribution in [0.5, 0.6) is 11.5 Å². The molecule has 146 valence electrons. The molecule has 1 atom stereocenters. The first kappa shape index (κ1) is 21.5. The van der Waals surface area contributed by atoms with Crippen molar-refractivity contribution in [1.82, 2.24) is 10.6 Å². The number of nitrogens with one attached hydrogen (secondary N) is 2. The molecule has 7 heteroatoms. The van der Waals surface area contributed by atoms with Gasteiger partial charge in [-0.2, -0.15) is 11.8 Å². The lowest BCUT2D eigenvalue weighted by molar-refractivity contribution is 0.297. The lowest BCUT2D eigenvalue weighted by atomic mass is 10.1. The van der Waals surface area contributed by atoms with Gasteiger partial charge >= 0.3 is 0 Å². The molecule has 0 bridgehead atoms. The molecule has 1 unspecified atom stereocenters. The number of aliphatic imine (C=N–C) groups is 1. The van der Waals surface area contributed by atoms with Crippen molar-refractivity contribution in [3.63, 3.8) is 0 Å². The third-order valence-electron chi connectivity index (χ3n) is 4.51. The van der Waals surface area contributed by atoms with Crippen molar-refractivity contribution in [2.75, 3.05) is 32.1 Å². The predicted molar refractivity (Wildman–Crippen MR) is 120 cm³/mol. The van der Waals surface area contributed by atoms with Gasteiger partial charge in [0.05, 0.1) is 19.8 Å². The van der Waals surface area contributed by atoms with Crippen LogP contribution in [0.25, 0.3) is 0 Å². The van der Waals surface area contributed by atoms with Gasteiger partial charge in [-0.25, -0.2) is 4.99 Å². The summed E-state index contributed by atoms with van der Waals surface area (Å²) in [6.45, 7) is 8.29. The quantitative estimate of drug-likeness (QED) is 0.373. The predicted octanol–water partition coefficient (Wildman–Crippen LogP) is 3.81. The summed E-state index contributed by atoms with van der Waals surface area (Å²) in [5.41, 5.74) is 1.13. The van der Waals surface area contributed by atoms with E-state index in [4.69, 9.17) is 14.5 Å². The van der Waals surface area contributed by atoms with E-state index in [0.29, 0.717) is 17.9 Å². The molecule has 2 N–H and O–H groups in total. The Kier molecular flexibility index (Phi) is 8.66. The van der Waals surface area contributed by atoms with Crippen LogP contribution in [0.3, 0.4) is 0 Å². The molecular weight excluding hydrogens is 461 g/mol. The minimum Gasteiger partial charge on any atom is -0.490 e. The van der Waals surface area contributed by atoms with E-state index in [0.717, 1.165) is 49.1 Å². The molecule has 0 spiro atoms. The Morgan fingerprint density at radius 1 is 1.19 bits per heavy atom. The van der Waals surface area contributed by atoms with Crippen molar-refractivity contribution in [2.24, 2.45) is 4.99 Å². The van der Waals surface area contributed by atoms with E-state index < -0.39 is 0 Å². The summed E-state index contributed by atoms with van der Waals surface area (Å²) in [5, 5.41) is 6.85. The van der Waals surface area contributed by atoms with Crippen LogP contribution in [-0.2, 0) is 6.54 Å². The third-order valence-corrected chi connectivity index (χ3v) is 6.04. The van der Waals surface area contributed by atoms with E-state index in [9.17, 15) is 0 Å². The van der Waals surface area contributed by atoms with Gasteiger partial charge in [0.25, 0.3) is 0 Å². The second kappa shape index (κ2) is 10.5. The molecule has 2 aliphatic heterocycles. The smallest absolute Gasteiger partial charge is 0.191 e.